The molecule has 0 bridgehead atoms. The maximum absolute atomic E-state index is 15.3. The summed E-state index contributed by atoms with van der Waals surface area (Å²) in [5.74, 6) is -4.65. The van der Waals surface area contributed by atoms with Crippen LogP contribution in [0.1, 0.15) is 49.9 Å². The minimum Gasteiger partial charge on any atom is -0.406 e. The van der Waals surface area contributed by atoms with Gasteiger partial charge in [-0.05, 0) is 53.6 Å². The van der Waals surface area contributed by atoms with Gasteiger partial charge in [-0.1, -0.05) is 41.4 Å². The molecule has 0 aliphatic carbocycles. The molecule has 0 fully saturated rings. The Morgan fingerprint density at radius 3 is 2.35 bits per heavy atom. The van der Waals surface area contributed by atoms with Crippen molar-refractivity contribution in [2.45, 2.75) is 38.3 Å². The number of halogens is 9. The summed E-state index contributed by atoms with van der Waals surface area (Å²) in [6.45, 7) is -0.473. The molecule has 250 valence electrons. The highest BCUT2D eigenvalue weighted by Crippen LogP contribution is 2.30. The predicted octanol–water partition coefficient (Wildman–Crippen LogP) is 6.91. The normalized spacial score (nSPS) is 11.9. The van der Waals surface area contributed by atoms with E-state index in [-0.39, 0.29) is 50.4 Å². The zero-order chi connectivity index (χ0) is 34.8. The maximum atomic E-state index is 15.3. The average molecular weight is 716 g/mol. The number of hydrogen-bond donors (Lipinski definition) is 0. The van der Waals surface area contributed by atoms with Crippen molar-refractivity contribution in [3.05, 3.63) is 111 Å². The highest BCUT2D eigenvalue weighted by Gasteiger charge is 2.37. The molecular weight excluding hydrogens is 698 g/mol. The second kappa shape index (κ2) is 13.7. The lowest BCUT2D eigenvalue weighted by Gasteiger charge is -2.14. The summed E-state index contributed by atoms with van der Waals surface area (Å²) in [4.78, 5) is 31.7. The van der Waals surface area contributed by atoms with Gasteiger partial charge in [-0.15, -0.1) is 23.4 Å². The highest BCUT2D eigenvalue weighted by molar-refractivity contribution is 6.32. The molecule has 0 aliphatic heterocycles. The quantitative estimate of drug-likeness (QED) is 0.107. The molecule has 0 saturated carbocycles. The first kappa shape index (κ1) is 34.4. The second-order valence-corrected chi connectivity index (χ2v) is 10.8. The van der Waals surface area contributed by atoms with Crippen LogP contribution in [-0.4, -0.2) is 52.9 Å². The van der Waals surface area contributed by atoms with Crippen LogP contribution in [-0.2, 0) is 25.6 Å². The third-order valence-electron chi connectivity index (χ3n) is 6.61. The van der Waals surface area contributed by atoms with Crippen LogP contribution in [0.5, 0.6) is 5.75 Å². The summed E-state index contributed by atoms with van der Waals surface area (Å²) in [6, 6.07) is 11.3. The largest absolute Gasteiger partial charge is 0.573 e. The Labute approximate surface area is 275 Å². The summed E-state index contributed by atoms with van der Waals surface area (Å²) in [7, 11) is 0. The van der Waals surface area contributed by atoms with E-state index in [0.717, 1.165) is 22.9 Å². The van der Waals surface area contributed by atoms with E-state index in [2.05, 4.69) is 30.2 Å². The third-order valence-corrected chi connectivity index (χ3v) is 7.13. The van der Waals surface area contributed by atoms with Crippen molar-refractivity contribution in [2.24, 2.45) is 0 Å². The van der Waals surface area contributed by atoms with Crippen LogP contribution < -0.4 is 4.74 Å². The molecule has 48 heavy (non-hydrogen) atoms. The number of carbonyl (C=O) groups excluding carboxylic acids is 2. The number of aromatic nitrogens is 7. The lowest BCUT2D eigenvalue weighted by molar-refractivity contribution is -0.274. The topological polar surface area (TPSA) is 118 Å². The third kappa shape index (κ3) is 8.14. The fourth-order valence-electron chi connectivity index (χ4n) is 4.57. The van der Waals surface area contributed by atoms with Gasteiger partial charge in [0.1, 0.15) is 23.8 Å². The second-order valence-electron chi connectivity index (χ2n) is 9.98. The standard InChI is InChI=1S/C29H18Cl2F7N7O3/c30-16-10-19(23(46)8-7-15-4-1-2-6-25(15)48-29(36,37)38)18(21(32)11-16)13-24(47)22-12-17(14-44-42-27(40-43-44)28(33,34)35)41-45(22)26-20(31)5-3-9-39-26/h1-6,9-12H,7-8,13-14H2. The van der Waals surface area contributed by atoms with Crippen molar-refractivity contribution in [1.82, 2.24) is 35.0 Å². The molecule has 2 aromatic carbocycles. The highest BCUT2D eigenvalue weighted by atomic mass is 35.5. The van der Waals surface area contributed by atoms with Gasteiger partial charge in [0.05, 0.1) is 10.7 Å². The van der Waals surface area contributed by atoms with Gasteiger partial charge in [0.25, 0.3) is 5.82 Å². The van der Waals surface area contributed by atoms with Crippen LogP contribution in [0.15, 0.2) is 60.8 Å². The Hall–Kier alpha value is -4.90. The number of pyridine rings is 1. The predicted molar refractivity (Wildman–Crippen MR) is 154 cm³/mol. The molecule has 0 atom stereocenters. The zero-order valence-electron chi connectivity index (χ0n) is 23.9. The van der Waals surface area contributed by atoms with E-state index in [1.54, 1.807) is 0 Å². The first-order valence-electron chi connectivity index (χ1n) is 13.5. The number of carbonyl (C=O) groups is 2. The van der Waals surface area contributed by atoms with Crippen LogP contribution in [0, 0.1) is 5.82 Å². The summed E-state index contributed by atoms with van der Waals surface area (Å²) >= 11 is 12.3. The van der Waals surface area contributed by atoms with Gasteiger partial charge >= 0.3 is 12.5 Å². The number of rotatable bonds is 11. The van der Waals surface area contributed by atoms with Gasteiger partial charge in [0.15, 0.2) is 17.4 Å². The van der Waals surface area contributed by atoms with Gasteiger partial charge in [-0.3, -0.25) is 9.59 Å². The Bertz CT molecular complexity index is 1990. The van der Waals surface area contributed by atoms with E-state index in [4.69, 9.17) is 23.2 Å². The molecule has 0 amide bonds. The molecule has 0 spiro atoms. The molecule has 0 radical (unpaired) electrons. The van der Waals surface area contributed by atoms with Crippen LogP contribution >= 0.6 is 23.2 Å². The lowest BCUT2D eigenvalue weighted by Crippen LogP contribution is -2.18. The molecular formula is C29H18Cl2F7N7O3. The number of tetrazole rings is 1. The van der Waals surface area contributed by atoms with E-state index < -0.39 is 60.9 Å². The van der Waals surface area contributed by atoms with Gasteiger partial charge < -0.3 is 4.74 Å². The molecule has 0 aliphatic rings. The molecule has 10 nitrogen and oxygen atoms in total. The van der Waals surface area contributed by atoms with Crippen molar-refractivity contribution in [3.63, 3.8) is 0 Å². The van der Waals surface area contributed by atoms with E-state index in [0.29, 0.717) is 4.80 Å². The fraction of sp³-hybridized carbons (Fsp3) is 0.207. The monoisotopic (exact) mass is 715 g/mol. The van der Waals surface area contributed by atoms with E-state index >= 15 is 4.39 Å². The minimum absolute atomic E-state index is 0.0289. The van der Waals surface area contributed by atoms with Gasteiger partial charge in [0, 0.05) is 35.2 Å². The number of alkyl halides is 6. The summed E-state index contributed by atoms with van der Waals surface area (Å²) in [5, 5.41) is 13.6. The Balaban J connectivity index is 1.45. The Kier molecular flexibility index (Phi) is 9.81. The first-order valence-corrected chi connectivity index (χ1v) is 14.3. The fourth-order valence-corrected chi connectivity index (χ4v) is 4.98. The average Bonchev–Trinajstić information content (AvgIpc) is 3.65. The Morgan fingerprint density at radius 1 is 0.917 bits per heavy atom. The lowest BCUT2D eigenvalue weighted by atomic mass is 9.94. The van der Waals surface area contributed by atoms with Crippen molar-refractivity contribution in [2.75, 3.05) is 0 Å². The number of ketones is 2. The SMILES string of the molecule is O=C(CCc1ccccc1OC(F)(F)F)c1cc(Cl)cc(F)c1CC(=O)c1cc(Cn2nnc(C(F)(F)F)n2)nn1-c1ncccc1Cl. The molecule has 5 aromatic rings. The number of aryl methyl sites for hydroxylation is 1. The van der Waals surface area contributed by atoms with E-state index in [9.17, 15) is 35.9 Å². The molecule has 5 rings (SSSR count). The van der Waals surface area contributed by atoms with E-state index in [1.165, 1.54) is 42.6 Å². The molecule has 19 heteroatoms. The first-order chi connectivity index (χ1) is 22.6. The van der Waals surface area contributed by atoms with Crippen molar-refractivity contribution < 1.29 is 45.1 Å². The van der Waals surface area contributed by atoms with Gasteiger partial charge in [-0.25, -0.2) is 14.1 Å². The van der Waals surface area contributed by atoms with Crippen molar-refractivity contribution >= 4 is 34.8 Å². The number of nitrogens with zero attached hydrogens (tertiary/aromatic N) is 7. The van der Waals surface area contributed by atoms with Crippen molar-refractivity contribution in [1.29, 1.82) is 0 Å². The Morgan fingerprint density at radius 2 is 1.67 bits per heavy atom. The number of ether oxygens (including phenoxy) is 1. The van der Waals surface area contributed by atoms with Gasteiger partial charge in [-0.2, -0.15) is 23.1 Å². The summed E-state index contributed by atoms with van der Waals surface area (Å²) < 4.78 is 97.8. The summed E-state index contributed by atoms with van der Waals surface area (Å²) in [6.07, 6.45) is -9.89. The van der Waals surface area contributed by atoms with Gasteiger partial charge in [0.2, 0.25) is 0 Å². The van der Waals surface area contributed by atoms with Crippen LogP contribution in [0.2, 0.25) is 10.0 Å². The minimum atomic E-state index is -4.98. The van der Waals surface area contributed by atoms with Crippen LogP contribution in [0.25, 0.3) is 5.82 Å². The van der Waals surface area contributed by atoms with Crippen molar-refractivity contribution in [3.8, 4) is 11.6 Å². The zero-order valence-corrected chi connectivity index (χ0v) is 25.4. The molecule has 0 saturated heterocycles. The molecule has 3 aromatic heterocycles. The van der Waals surface area contributed by atoms with Crippen LogP contribution in [0.3, 0.4) is 0 Å². The number of Topliss-reactive ketones (excluding diaryl/α,β-unsaturated/α-hetero) is 2. The molecule has 3 heterocycles. The molecule has 0 N–H and O–H groups in total. The van der Waals surface area contributed by atoms with Crippen LogP contribution in [0.4, 0.5) is 30.7 Å². The smallest absolute Gasteiger partial charge is 0.406 e. The number of benzene rings is 2. The van der Waals surface area contributed by atoms with E-state index in [1.807, 2.05) is 0 Å². The maximum Gasteiger partial charge on any atom is 0.573 e. The molecule has 0 unspecified atom stereocenters. The number of hydrogen-bond acceptors (Lipinski definition) is 8. The summed E-state index contributed by atoms with van der Waals surface area (Å²) in [5.41, 5.74) is -0.887. The number of para-hydroxylation sites is 1.